The van der Waals surface area contributed by atoms with Crippen molar-refractivity contribution in [3.63, 3.8) is 0 Å². The normalized spacial score (nSPS) is 10.5. The first kappa shape index (κ1) is 16.6. The summed E-state index contributed by atoms with van der Waals surface area (Å²) in [7, 11) is 0. The molecule has 2 N–H and O–H groups in total. The van der Waals surface area contributed by atoms with Gasteiger partial charge in [0.15, 0.2) is 0 Å². The van der Waals surface area contributed by atoms with Crippen molar-refractivity contribution in [2.75, 3.05) is 6.61 Å². The highest BCUT2D eigenvalue weighted by molar-refractivity contribution is 5.91. The van der Waals surface area contributed by atoms with Crippen molar-refractivity contribution in [3.8, 4) is 11.5 Å². The molecule has 0 saturated heterocycles. The molecule has 5 nitrogen and oxygen atoms in total. The van der Waals surface area contributed by atoms with Crippen molar-refractivity contribution in [3.05, 3.63) is 65.7 Å². The van der Waals surface area contributed by atoms with Crippen molar-refractivity contribution in [1.29, 1.82) is 0 Å². The number of hydrogen-bond donors (Lipinski definition) is 2. The third-order valence-corrected chi connectivity index (χ3v) is 3.06. The summed E-state index contributed by atoms with van der Waals surface area (Å²) in [6.45, 7) is 2.87. The second kappa shape index (κ2) is 8.60. The third-order valence-electron chi connectivity index (χ3n) is 3.06. The minimum absolute atomic E-state index is 0.406. The second-order valence-corrected chi connectivity index (χ2v) is 4.72. The Morgan fingerprint density at radius 3 is 2.65 bits per heavy atom. The van der Waals surface area contributed by atoms with Gasteiger partial charge >= 0.3 is 0 Å². The van der Waals surface area contributed by atoms with Crippen LogP contribution in [0.25, 0.3) is 6.08 Å². The van der Waals surface area contributed by atoms with Gasteiger partial charge in [0.25, 0.3) is 5.91 Å². The lowest BCUT2D eigenvalue weighted by Crippen LogP contribution is -2.14. The SMILES string of the molecule is CCOc1ccc(/C=C/C(=O)NO)c(OCc2ccccc2)c1. The number of amides is 1. The predicted molar refractivity (Wildman–Crippen MR) is 87.3 cm³/mol. The number of carbonyl (C=O) groups is 1. The van der Waals surface area contributed by atoms with E-state index in [9.17, 15) is 4.79 Å². The van der Waals surface area contributed by atoms with Crippen LogP contribution >= 0.6 is 0 Å². The maximum atomic E-state index is 11.1. The van der Waals surface area contributed by atoms with E-state index in [-0.39, 0.29) is 0 Å². The lowest BCUT2D eigenvalue weighted by molar-refractivity contribution is -0.124. The van der Waals surface area contributed by atoms with E-state index in [0.717, 1.165) is 5.56 Å². The van der Waals surface area contributed by atoms with Gasteiger partial charge in [-0.2, -0.15) is 0 Å². The molecular weight excluding hydrogens is 294 g/mol. The van der Waals surface area contributed by atoms with Gasteiger partial charge in [-0.15, -0.1) is 0 Å². The first-order chi connectivity index (χ1) is 11.2. The lowest BCUT2D eigenvalue weighted by atomic mass is 10.1. The molecule has 2 aromatic carbocycles. The van der Waals surface area contributed by atoms with Crippen LogP contribution in [-0.4, -0.2) is 17.7 Å². The molecule has 0 fully saturated rings. The van der Waals surface area contributed by atoms with E-state index in [2.05, 4.69) is 0 Å². The monoisotopic (exact) mass is 313 g/mol. The molecule has 0 aliphatic rings. The zero-order chi connectivity index (χ0) is 16.5. The van der Waals surface area contributed by atoms with Gasteiger partial charge in [0.05, 0.1) is 6.61 Å². The summed E-state index contributed by atoms with van der Waals surface area (Å²) in [6, 6.07) is 15.2. The van der Waals surface area contributed by atoms with Gasteiger partial charge < -0.3 is 9.47 Å². The molecule has 0 saturated carbocycles. The van der Waals surface area contributed by atoms with Crippen molar-refractivity contribution < 1.29 is 19.5 Å². The summed E-state index contributed by atoms with van der Waals surface area (Å²) < 4.78 is 11.3. The quantitative estimate of drug-likeness (QED) is 0.468. The maximum absolute atomic E-state index is 11.1. The summed E-state index contributed by atoms with van der Waals surface area (Å²) in [5, 5.41) is 8.55. The Balaban J connectivity index is 2.19. The molecule has 5 heteroatoms. The molecule has 0 bridgehead atoms. The molecular formula is C18H19NO4. The Labute approximate surface area is 135 Å². The third kappa shape index (κ3) is 5.16. The van der Waals surface area contributed by atoms with E-state index in [4.69, 9.17) is 14.7 Å². The van der Waals surface area contributed by atoms with Crippen LogP contribution in [0.4, 0.5) is 0 Å². The molecule has 1 amide bonds. The molecule has 2 aromatic rings. The molecule has 0 unspecified atom stereocenters. The number of ether oxygens (including phenoxy) is 2. The van der Waals surface area contributed by atoms with E-state index in [1.807, 2.05) is 37.3 Å². The average Bonchev–Trinajstić information content (AvgIpc) is 2.60. The van der Waals surface area contributed by atoms with Gasteiger partial charge in [0.2, 0.25) is 0 Å². The highest BCUT2D eigenvalue weighted by Gasteiger charge is 2.05. The number of benzene rings is 2. The molecule has 120 valence electrons. The molecule has 0 aromatic heterocycles. The lowest BCUT2D eigenvalue weighted by Gasteiger charge is -2.12. The largest absolute Gasteiger partial charge is 0.494 e. The molecule has 0 radical (unpaired) electrons. The zero-order valence-corrected chi connectivity index (χ0v) is 12.9. The van der Waals surface area contributed by atoms with Gasteiger partial charge in [-0.05, 0) is 30.7 Å². The van der Waals surface area contributed by atoms with Crippen molar-refractivity contribution in [2.24, 2.45) is 0 Å². The molecule has 0 atom stereocenters. The number of rotatable bonds is 7. The second-order valence-electron chi connectivity index (χ2n) is 4.72. The molecule has 0 aliphatic carbocycles. The van der Waals surface area contributed by atoms with Crippen LogP contribution in [0.1, 0.15) is 18.1 Å². The molecule has 2 rings (SSSR count). The number of hydroxylamine groups is 1. The van der Waals surface area contributed by atoms with Crippen molar-refractivity contribution in [1.82, 2.24) is 5.48 Å². The topological polar surface area (TPSA) is 67.8 Å². The predicted octanol–water partition coefficient (Wildman–Crippen LogP) is 3.18. The fraction of sp³-hybridized carbons (Fsp3) is 0.167. The van der Waals surface area contributed by atoms with Crippen LogP contribution in [0.15, 0.2) is 54.6 Å². The van der Waals surface area contributed by atoms with Gasteiger partial charge in [-0.25, -0.2) is 5.48 Å². The molecule has 0 heterocycles. The smallest absolute Gasteiger partial charge is 0.267 e. The summed E-state index contributed by atoms with van der Waals surface area (Å²) >= 11 is 0. The number of hydrogen-bond acceptors (Lipinski definition) is 4. The van der Waals surface area contributed by atoms with Gasteiger partial charge in [-0.3, -0.25) is 10.0 Å². The van der Waals surface area contributed by atoms with Gasteiger partial charge in [0, 0.05) is 17.7 Å². The van der Waals surface area contributed by atoms with Crippen LogP contribution < -0.4 is 15.0 Å². The standard InChI is InChI=1S/C18H19NO4/c1-2-22-16-10-8-15(9-11-18(20)19-21)17(12-16)23-13-14-6-4-3-5-7-14/h3-12,21H,2,13H2,1H3,(H,19,20)/b11-9+. The molecule has 0 spiro atoms. The average molecular weight is 313 g/mol. The summed E-state index contributed by atoms with van der Waals surface area (Å²) in [4.78, 5) is 11.1. The Bertz CT molecular complexity index is 668. The van der Waals surface area contributed by atoms with Crippen molar-refractivity contribution >= 4 is 12.0 Å². The zero-order valence-electron chi connectivity index (χ0n) is 12.9. The fourth-order valence-corrected chi connectivity index (χ4v) is 1.97. The Morgan fingerprint density at radius 2 is 1.96 bits per heavy atom. The van der Waals surface area contributed by atoms with Crippen LogP contribution in [0.5, 0.6) is 11.5 Å². The number of nitrogens with one attached hydrogen (secondary N) is 1. The highest BCUT2D eigenvalue weighted by atomic mass is 16.5. The van der Waals surface area contributed by atoms with Crippen molar-refractivity contribution in [2.45, 2.75) is 13.5 Å². The van der Waals surface area contributed by atoms with Crippen LogP contribution in [0, 0.1) is 0 Å². The number of carbonyl (C=O) groups excluding carboxylic acids is 1. The minimum atomic E-state index is -0.604. The van der Waals surface area contributed by atoms with E-state index < -0.39 is 5.91 Å². The van der Waals surface area contributed by atoms with Gasteiger partial charge in [0.1, 0.15) is 18.1 Å². The first-order valence-corrected chi connectivity index (χ1v) is 7.28. The minimum Gasteiger partial charge on any atom is -0.494 e. The van der Waals surface area contributed by atoms with E-state index >= 15 is 0 Å². The Hall–Kier alpha value is -2.79. The highest BCUT2D eigenvalue weighted by Crippen LogP contribution is 2.27. The van der Waals surface area contributed by atoms with Crippen LogP contribution in [0.2, 0.25) is 0 Å². The van der Waals surface area contributed by atoms with E-state index in [1.165, 1.54) is 6.08 Å². The van der Waals surface area contributed by atoms with Crippen LogP contribution in [0.3, 0.4) is 0 Å². The Kier molecular flexibility index (Phi) is 6.20. The summed E-state index contributed by atoms with van der Waals surface area (Å²) in [6.07, 6.45) is 2.80. The molecule has 0 aliphatic heterocycles. The first-order valence-electron chi connectivity index (χ1n) is 7.28. The maximum Gasteiger partial charge on any atom is 0.267 e. The summed E-state index contributed by atoms with van der Waals surface area (Å²) in [5.74, 6) is 0.689. The Morgan fingerprint density at radius 1 is 1.17 bits per heavy atom. The van der Waals surface area contributed by atoms with E-state index in [1.54, 1.807) is 29.8 Å². The van der Waals surface area contributed by atoms with E-state index in [0.29, 0.717) is 30.3 Å². The fourth-order valence-electron chi connectivity index (χ4n) is 1.97. The molecule has 23 heavy (non-hydrogen) atoms. The van der Waals surface area contributed by atoms with Crippen LogP contribution in [-0.2, 0) is 11.4 Å². The van der Waals surface area contributed by atoms with Gasteiger partial charge in [-0.1, -0.05) is 30.3 Å². The summed E-state index contributed by atoms with van der Waals surface area (Å²) in [5.41, 5.74) is 3.31.